The molecule has 0 aromatic carbocycles. The van der Waals surface area contributed by atoms with Crippen LogP contribution in [0.2, 0.25) is 5.28 Å². The van der Waals surface area contributed by atoms with Crippen LogP contribution in [-0.2, 0) is 33.3 Å². The Bertz CT molecular complexity index is 3900. The van der Waals surface area contributed by atoms with Gasteiger partial charge in [-0.05, 0) is 74.9 Å². The van der Waals surface area contributed by atoms with E-state index in [1.807, 2.05) is 47.7 Å². The van der Waals surface area contributed by atoms with E-state index in [1.165, 1.54) is 40.6 Å². The van der Waals surface area contributed by atoms with Crippen LogP contribution < -0.4 is 33.5 Å². The number of ketones is 1. The van der Waals surface area contributed by atoms with Gasteiger partial charge in [0.15, 0.2) is 52.9 Å². The van der Waals surface area contributed by atoms with Gasteiger partial charge in [0.25, 0.3) is 0 Å². The van der Waals surface area contributed by atoms with Crippen LogP contribution in [0.1, 0.15) is 90.4 Å². The Kier molecular flexibility index (Phi) is 19.8. The maximum Gasteiger partial charge on any atom is 0.351 e. The number of carbonyl (C=O) groups is 2. The topological polar surface area (TPSA) is 505 Å². The van der Waals surface area contributed by atoms with Gasteiger partial charge in [0.1, 0.15) is 78.2 Å². The molecule has 492 valence electrons. The summed E-state index contributed by atoms with van der Waals surface area (Å²) in [4.78, 5) is 73.0. The number of amides is 1. The van der Waals surface area contributed by atoms with Gasteiger partial charge in [-0.15, -0.1) is 0 Å². The van der Waals surface area contributed by atoms with E-state index < -0.39 is 104 Å². The van der Waals surface area contributed by atoms with Crippen LogP contribution in [0.3, 0.4) is 0 Å². The van der Waals surface area contributed by atoms with Gasteiger partial charge in [0.2, 0.25) is 11.2 Å². The zero-order valence-corrected chi connectivity index (χ0v) is 52.2. The first-order chi connectivity index (χ1) is 43.0. The van der Waals surface area contributed by atoms with Crippen molar-refractivity contribution in [3.05, 3.63) is 74.6 Å². The average molecular weight is 1410 g/mol. The fraction of sp³-hybridized carbons (Fsp3) is 0.547. The quantitative estimate of drug-likeness (QED) is 0.0528. The number of hydrogen-bond acceptors (Lipinski definition) is 30. The first kappa shape index (κ1) is 67.0. The number of fused-ring (bicyclic) bond motifs is 2. The average Bonchev–Trinajstić information content (AvgIpc) is 1.61. The first-order valence-electron chi connectivity index (χ1n) is 28.4. The minimum Gasteiger partial charge on any atom is -0.390 e. The highest BCUT2D eigenvalue weighted by atomic mass is 127. The molecule has 4 unspecified atom stereocenters. The number of nitrogens with zero attached hydrogens (tertiary/aromatic N) is 15. The van der Waals surface area contributed by atoms with Crippen molar-refractivity contribution in [3.8, 4) is 0 Å². The van der Waals surface area contributed by atoms with Gasteiger partial charge < -0.3 is 96.9 Å². The van der Waals surface area contributed by atoms with Gasteiger partial charge in [-0.25, -0.2) is 24.7 Å². The van der Waals surface area contributed by atoms with Crippen LogP contribution in [0.4, 0.5) is 27.7 Å². The molecule has 14 heterocycles. The maximum absolute atomic E-state index is 13.2. The van der Waals surface area contributed by atoms with Gasteiger partial charge in [-0.2, -0.15) is 29.3 Å². The molecule has 5 fully saturated rings. The second-order valence-electron chi connectivity index (χ2n) is 22.5. The van der Waals surface area contributed by atoms with Crippen LogP contribution in [0.25, 0.3) is 33.4 Å². The van der Waals surface area contributed by atoms with Gasteiger partial charge in [-0.1, -0.05) is 0 Å². The number of aliphatic hydroxyl groups is 8. The Labute approximate surface area is 533 Å². The van der Waals surface area contributed by atoms with E-state index >= 15 is 0 Å². The van der Waals surface area contributed by atoms with Crippen molar-refractivity contribution < 1.29 is 78.5 Å². The summed E-state index contributed by atoms with van der Waals surface area (Å²) in [6.07, 6.45) is -3.77. The summed E-state index contributed by atoms with van der Waals surface area (Å²) in [6, 6.07) is 1.26. The second-order valence-corrected chi connectivity index (χ2v) is 24.0. The van der Waals surface area contributed by atoms with Gasteiger partial charge >= 0.3 is 11.8 Å². The van der Waals surface area contributed by atoms with Crippen molar-refractivity contribution in [2.75, 3.05) is 35.7 Å². The number of nitrogens with two attached hydrogens (primary N) is 4. The largest absolute Gasteiger partial charge is 0.390 e. The van der Waals surface area contributed by atoms with Gasteiger partial charge in [-0.3, -0.25) is 28.2 Å². The van der Waals surface area contributed by atoms with Gasteiger partial charge in [0.05, 0.1) is 70.8 Å². The highest BCUT2D eigenvalue weighted by Gasteiger charge is 2.45. The number of nitrogen functional groups attached to an aromatic ring is 3. The van der Waals surface area contributed by atoms with Crippen LogP contribution in [0.15, 0.2) is 52.0 Å². The lowest BCUT2D eigenvalue weighted by Crippen LogP contribution is -2.40. The molecule has 0 spiro atoms. The number of carbonyl (C=O) groups excluding carboxylic acids is 2. The van der Waals surface area contributed by atoms with Crippen molar-refractivity contribution in [1.29, 1.82) is 0 Å². The Balaban J connectivity index is 0.000000126. The molecule has 0 radical (unpaired) electrons. The van der Waals surface area contributed by atoms with E-state index in [2.05, 4.69) is 44.9 Å². The number of halogens is 3. The third-order valence-corrected chi connectivity index (χ3v) is 17.3. The zero-order valence-electron chi connectivity index (χ0n) is 49.3. The monoisotopic (exact) mass is 1410 g/mol. The summed E-state index contributed by atoms with van der Waals surface area (Å²) in [5.41, 5.74) is 25.1. The summed E-state index contributed by atoms with van der Waals surface area (Å²) in [5, 5.41) is 79.2. The molecular weight excluding hydrogens is 1340 g/mol. The van der Waals surface area contributed by atoms with E-state index in [-0.39, 0.29) is 76.5 Å². The van der Waals surface area contributed by atoms with Crippen LogP contribution in [0.5, 0.6) is 0 Å². The number of allylic oxidation sites excluding steroid dienone is 1. The van der Waals surface area contributed by atoms with E-state index in [4.69, 9.17) is 58.2 Å². The minimum absolute atomic E-state index is 0.0633. The molecule has 1 amide bonds. The SMILES string of the molecule is C[C@H]1O[C@@H](N2C=C(I)C(=O)CC2=O)C[C@H]1O.C[C@H]1O[C@@H](n2cc3c4c(ncnc42)N(C)CC3N)C(O)[C@H]1O.C[C@H]1O[C@@H](n2ccc(N)nc2=O)C(O)[C@H]1O.C[C@H]1O[C@@H](n2cnc3c(N)nc(Cl)nc32)C[C@H]1O.C[C@H]1O[C@@H](n2cnc3c(N)nc(F)nc32)C(O)[C@H]1O. The van der Waals surface area contributed by atoms with E-state index in [1.54, 1.807) is 43.2 Å². The summed E-state index contributed by atoms with van der Waals surface area (Å²) < 4.78 is 47.1. The molecule has 7 aliphatic heterocycles. The lowest BCUT2D eigenvalue weighted by atomic mass is 10.0. The highest BCUT2D eigenvalue weighted by Crippen LogP contribution is 2.41. The molecule has 91 heavy (non-hydrogen) atoms. The molecule has 7 aliphatic rings. The number of imidazole rings is 2. The number of ether oxygens (including phenoxy) is 5. The Morgan fingerprint density at radius 3 is 1.69 bits per heavy atom. The molecule has 0 aliphatic carbocycles. The first-order valence-corrected chi connectivity index (χ1v) is 29.9. The van der Waals surface area contributed by atoms with Crippen LogP contribution in [0, 0.1) is 6.08 Å². The molecule has 5 saturated heterocycles. The van der Waals surface area contributed by atoms with Crippen molar-refractivity contribution in [2.24, 2.45) is 5.73 Å². The van der Waals surface area contributed by atoms with Crippen LogP contribution in [-0.4, -0.2) is 220 Å². The molecule has 0 bridgehead atoms. The number of aromatic nitrogens is 13. The van der Waals surface area contributed by atoms with Gasteiger partial charge in [0, 0.05) is 56.6 Å². The smallest absolute Gasteiger partial charge is 0.351 e. The predicted molar refractivity (Wildman–Crippen MR) is 324 cm³/mol. The molecule has 38 heteroatoms. The molecular formula is C53H68ClFIN19O16. The number of likely N-dealkylation sites (N-methyl/N-ethyl adjacent to an activating group) is 1. The molecule has 7 aromatic heterocycles. The Morgan fingerprint density at radius 2 is 1.15 bits per heavy atom. The normalized spacial score (nSPS) is 32.7. The summed E-state index contributed by atoms with van der Waals surface area (Å²) >= 11 is 7.69. The van der Waals surface area contributed by atoms with E-state index in [0.29, 0.717) is 39.8 Å². The Hall–Kier alpha value is -6.93. The fourth-order valence-corrected chi connectivity index (χ4v) is 11.8. The number of aliphatic hydroxyl groups excluding tert-OH is 8. The summed E-state index contributed by atoms with van der Waals surface area (Å²) in [7, 11) is 1.94. The van der Waals surface area contributed by atoms with E-state index in [0.717, 1.165) is 21.3 Å². The minimum atomic E-state index is -1.16. The van der Waals surface area contributed by atoms with Crippen molar-refractivity contribution in [2.45, 2.75) is 170 Å². The molecule has 14 rings (SSSR count). The lowest BCUT2D eigenvalue weighted by Gasteiger charge is -2.27. The predicted octanol–water partition coefficient (Wildman–Crippen LogP) is -1.54. The summed E-state index contributed by atoms with van der Waals surface area (Å²) in [5.74, 6) is 0.631. The summed E-state index contributed by atoms with van der Waals surface area (Å²) in [6.45, 7) is 9.22. The standard InChI is InChI=1S/C14H19N5O3.C10H12ClN5O2.C10H12FN5O3.C10H12INO4.C9H13N3O4/c1-6-10(20)11(21)14(22-6)19-3-7-8(15)4-18(2)12-9(7)13(19)17-5-16-12;1-4-5(17)2-6(18-4)16-3-13-7-8(12)14-10(11)15-9(7)16;1-3-5(17)6(18)9(19-3)16-2-13-4-7(12)14-10(11)15-8(4)16;1-5-7(13)3-10(16-5)12-4-6(11)8(14)2-9(12)15;1-4-6(13)7(14)8(16-4)12-3-2-5(10)11-9(12)15/h3,5-6,8,10-11,14,20-21H,4,15H2,1-2H3;3-6,17H,2H2,1H3,(H2,12,14,15);2-3,5-6,9,17-18H,1H3,(H2,12,14,15);4-5,7,10,13H,2-3H2,1H3;2-4,6-8,13-14H,1H3,(H2,10,11,15)/t6-,8?,10+,11?,14-;4-,5-,6-;3-,5+,6?,9-;5-,7-,10-;4-,6+,7?,8-/m11111/s1. The molecule has 35 nitrogen and oxygen atoms in total. The molecule has 0 saturated carbocycles. The number of Topliss-reactive ketones (excluding diaryl/α,β-unsaturated/α-hetero) is 1. The van der Waals surface area contributed by atoms with Crippen molar-refractivity contribution in [3.63, 3.8) is 0 Å². The third kappa shape index (κ3) is 13.4. The number of anilines is 4. The number of hydrogen-bond donors (Lipinski definition) is 12. The van der Waals surface area contributed by atoms with Crippen molar-refractivity contribution >= 4 is 103 Å². The zero-order chi connectivity index (χ0) is 65.9. The van der Waals surface area contributed by atoms with E-state index in [9.17, 15) is 59.6 Å². The third-order valence-electron chi connectivity index (χ3n) is 16.3. The Morgan fingerprint density at radius 1 is 0.626 bits per heavy atom. The van der Waals surface area contributed by atoms with Crippen molar-refractivity contribution in [1.82, 2.24) is 68.0 Å². The molecule has 19 atom stereocenters. The fourth-order valence-electron chi connectivity index (χ4n) is 11.1. The second kappa shape index (κ2) is 27.0. The lowest BCUT2D eigenvalue weighted by molar-refractivity contribution is -0.142. The highest BCUT2D eigenvalue weighted by molar-refractivity contribution is 14.1. The maximum atomic E-state index is 13.2. The molecule has 7 aromatic rings. The van der Waals surface area contributed by atoms with Crippen LogP contribution >= 0.6 is 34.2 Å². The number of rotatable bonds is 5. The molecule has 16 N–H and O–H groups in total.